The molecule has 0 saturated carbocycles. The topological polar surface area (TPSA) is 61.9 Å². The lowest BCUT2D eigenvalue weighted by Crippen LogP contribution is -2.39. The molecule has 116 valence electrons. The summed E-state index contributed by atoms with van der Waals surface area (Å²) in [6, 6.07) is 7.92. The van der Waals surface area contributed by atoms with Gasteiger partial charge in [-0.2, -0.15) is 5.10 Å². The number of aryl methyl sites for hydroxylation is 2. The molecule has 3 heterocycles. The van der Waals surface area contributed by atoms with Crippen LogP contribution in [-0.4, -0.2) is 39.1 Å². The molecule has 5 nitrogen and oxygen atoms in total. The third-order valence-electron chi connectivity index (χ3n) is 4.24. The molecular formula is C17H22N4O. The molecule has 22 heavy (non-hydrogen) atoms. The van der Waals surface area contributed by atoms with Crippen LogP contribution in [0.25, 0.3) is 0 Å². The first kappa shape index (κ1) is 14.8. The summed E-state index contributed by atoms with van der Waals surface area (Å²) in [5.41, 5.74) is 3.14. The van der Waals surface area contributed by atoms with Crippen LogP contribution in [0.3, 0.4) is 0 Å². The van der Waals surface area contributed by atoms with E-state index in [2.05, 4.69) is 21.2 Å². The van der Waals surface area contributed by atoms with Gasteiger partial charge in [-0.3, -0.25) is 14.9 Å². The van der Waals surface area contributed by atoms with Crippen molar-refractivity contribution in [1.82, 2.24) is 20.1 Å². The number of likely N-dealkylation sites (tertiary alicyclic amines) is 1. The molecule has 1 saturated heterocycles. The number of aromatic nitrogens is 3. The van der Waals surface area contributed by atoms with Gasteiger partial charge in [-0.25, -0.2) is 0 Å². The highest BCUT2D eigenvalue weighted by Crippen LogP contribution is 2.26. The minimum atomic E-state index is 0.225. The lowest BCUT2D eigenvalue weighted by molar-refractivity contribution is -0.132. The summed E-state index contributed by atoms with van der Waals surface area (Å²) in [4.78, 5) is 18.7. The van der Waals surface area contributed by atoms with Gasteiger partial charge in [-0.15, -0.1) is 0 Å². The van der Waals surface area contributed by atoms with Crippen molar-refractivity contribution in [2.45, 2.75) is 38.5 Å². The van der Waals surface area contributed by atoms with Crippen LogP contribution in [0.5, 0.6) is 0 Å². The van der Waals surface area contributed by atoms with E-state index in [1.54, 1.807) is 6.20 Å². The van der Waals surface area contributed by atoms with Crippen molar-refractivity contribution in [3.63, 3.8) is 0 Å². The molecule has 0 aliphatic carbocycles. The van der Waals surface area contributed by atoms with Gasteiger partial charge in [-0.05, 0) is 44.4 Å². The summed E-state index contributed by atoms with van der Waals surface area (Å²) in [6.07, 6.45) is 5.17. The molecule has 1 fully saturated rings. The Morgan fingerprint density at radius 1 is 1.45 bits per heavy atom. The van der Waals surface area contributed by atoms with Crippen molar-refractivity contribution in [1.29, 1.82) is 0 Å². The Labute approximate surface area is 130 Å². The van der Waals surface area contributed by atoms with Gasteiger partial charge in [0.2, 0.25) is 5.91 Å². The van der Waals surface area contributed by atoms with Crippen LogP contribution >= 0.6 is 0 Å². The molecule has 2 aromatic heterocycles. The quantitative estimate of drug-likeness (QED) is 0.943. The second-order valence-electron chi connectivity index (χ2n) is 5.98. The van der Waals surface area contributed by atoms with E-state index in [4.69, 9.17) is 0 Å². The predicted molar refractivity (Wildman–Crippen MR) is 84.4 cm³/mol. The average Bonchev–Trinajstić information content (AvgIpc) is 3.00. The average molecular weight is 298 g/mol. The predicted octanol–water partition coefficient (Wildman–Crippen LogP) is 2.45. The number of piperidine rings is 1. The fourth-order valence-corrected chi connectivity index (χ4v) is 3.03. The maximum Gasteiger partial charge on any atom is 0.222 e. The lowest BCUT2D eigenvalue weighted by Gasteiger charge is -2.32. The maximum atomic E-state index is 12.4. The number of hydrogen-bond donors (Lipinski definition) is 1. The van der Waals surface area contributed by atoms with Gasteiger partial charge in [0.15, 0.2) is 0 Å². The normalized spacial score (nSPS) is 18.4. The second kappa shape index (κ2) is 6.73. The fraction of sp³-hybridized carbons (Fsp3) is 0.471. The van der Waals surface area contributed by atoms with Crippen molar-refractivity contribution >= 4 is 5.91 Å². The highest BCUT2D eigenvalue weighted by molar-refractivity contribution is 5.76. The van der Waals surface area contributed by atoms with Crippen LogP contribution in [0.15, 0.2) is 30.5 Å². The summed E-state index contributed by atoms with van der Waals surface area (Å²) in [6.45, 7) is 3.65. The number of carbonyl (C=O) groups excluding carboxylic acids is 1. The zero-order valence-electron chi connectivity index (χ0n) is 13.0. The molecule has 3 rings (SSSR count). The first-order valence-corrected chi connectivity index (χ1v) is 7.92. The molecule has 0 spiro atoms. The van der Waals surface area contributed by atoms with E-state index in [9.17, 15) is 4.79 Å². The van der Waals surface area contributed by atoms with Crippen LogP contribution in [0.2, 0.25) is 0 Å². The molecule has 2 aromatic rings. The molecule has 0 bridgehead atoms. The molecule has 5 heteroatoms. The Balaban J connectivity index is 1.56. The van der Waals surface area contributed by atoms with Crippen LogP contribution in [0.4, 0.5) is 0 Å². The van der Waals surface area contributed by atoms with E-state index in [0.717, 1.165) is 43.0 Å². The largest absolute Gasteiger partial charge is 0.342 e. The highest BCUT2D eigenvalue weighted by Gasteiger charge is 2.25. The minimum Gasteiger partial charge on any atom is -0.342 e. The monoisotopic (exact) mass is 298 g/mol. The summed E-state index contributed by atoms with van der Waals surface area (Å²) in [5, 5.41) is 7.35. The van der Waals surface area contributed by atoms with Crippen LogP contribution in [-0.2, 0) is 11.2 Å². The van der Waals surface area contributed by atoms with E-state index < -0.39 is 0 Å². The summed E-state index contributed by atoms with van der Waals surface area (Å²) in [7, 11) is 0. The molecule has 1 amide bonds. The van der Waals surface area contributed by atoms with Gasteiger partial charge in [0.25, 0.3) is 0 Å². The highest BCUT2D eigenvalue weighted by atomic mass is 16.2. The van der Waals surface area contributed by atoms with Gasteiger partial charge in [-0.1, -0.05) is 6.07 Å². The number of amides is 1. The van der Waals surface area contributed by atoms with E-state index in [1.165, 1.54) is 0 Å². The third kappa shape index (κ3) is 3.53. The molecule has 1 N–H and O–H groups in total. The maximum absolute atomic E-state index is 12.4. The number of carbonyl (C=O) groups is 1. The van der Waals surface area contributed by atoms with E-state index in [1.807, 2.05) is 30.0 Å². The summed E-state index contributed by atoms with van der Waals surface area (Å²) in [5.74, 6) is 0.583. The van der Waals surface area contributed by atoms with Crippen LogP contribution < -0.4 is 0 Å². The zero-order chi connectivity index (χ0) is 15.4. The first-order valence-electron chi connectivity index (χ1n) is 7.92. The zero-order valence-corrected chi connectivity index (χ0v) is 13.0. The number of H-pyrrole nitrogens is 1. The second-order valence-corrected chi connectivity index (χ2v) is 5.98. The summed E-state index contributed by atoms with van der Waals surface area (Å²) >= 11 is 0. The minimum absolute atomic E-state index is 0.225. The number of nitrogens with zero attached hydrogens (tertiary/aromatic N) is 3. The van der Waals surface area contributed by atoms with Crippen molar-refractivity contribution in [3.8, 4) is 0 Å². The van der Waals surface area contributed by atoms with E-state index in [0.29, 0.717) is 18.8 Å². The Hall–Kier alpha value is -2.17. The molecule has 0 aromatic carbocycles. The van der Waals surface area contributed by atoms with Crippen LogP contribution in [0.1, 0.15) is 42.3 Å². The molecule has 1 atom stereocenters. The SMILES string of the molecule is Cc1cc([C@@H]2CCCN(C(=O)CCc3ccccn3)C2)n[nH]1. The molecule has 1 aliphatic rings. The van der Waals surface area contributed by atoms with Crippen LogP contribution in [0, 0.1) is 6.92 Å². The van der Waals surface area contributed by atoms with Gasteiger partial charge in [0, 0.05) is 43.0 Å². The Kier molecular flexibility index (Phi) is 4.51. The molecule has 0 unspecified atom stereocenters. The van der Waals surface area contributed by atoms with Gasteiger partial charge in [0.1, 0.15) is 0 Å². The van der Waals surface area contributed by atoms with Crippen molar-refractivity contribution in [2.24, 2.45) is 0 Å². The first-order chi connectivity index (χ1) is 10.7. The smallest absolute Gasteiger partial charge is 0.222 e. The van der Waals surface area contributed by atoms with Gasteiger partial charge < -0.3 is 4.90 Å². The number of aromatic amines is 1. The summed E-state index contributed by atoms with van der Waals surface area (Å²) < 4.78 is 0. The number of rotatable bonds is 4. The standard InChI is InChI=1S/C17H22N4O/c1-13-11-16(20-19-13)14-5-4-10-21(12-14)17(22)8-7-15-6-2-3-9-18-15/h2-3,6,9,11,14H,4-5,7-8,10,12H2,1H3,(H,19,20)/t14-/m1/s1. The Morgan fingerprint density at radius 3 is 3.09 bits per heavy atom. The lowest BCUT2D eigenvalue weighted by atomic mass is 9.94. The van der Waals surface area contributed by atoms with Gasteiger partial charge >= 0.3 is 0 Å². The molecule has 1 aliphatic heterocycles. The molecular weight excluding hydrogens is 276 g/mol. The van der Waals surface area contributed by atoms with E-state index >= 15 is 0 Å². The molecule has 0 radical (unpaired) electrons. The van der Waals surface area contributed by atoms with Crippen molar-refractivity contribution in [3.05, 3.63) is 47.5 Å². The number of hydrogen-bond acceptors (Lipinski definition) is 3. The third-order valence-corrected chi connectivity index (χ3v) is 4.24. The number of nitrogens with one attached hydrogen (secondary N) is 1. The van der Waals surface area contributed by atoms with Crippen molar-refractivity contribution < 1.29 is 4.79 Å². The fourth-order valence-electron chi connectivity index (χ4n) is 3.03. The van der Waals surface area contributed by atoms with Crippen molar-refractivity contribution in [2.75, 3.05) is 13.1 Å². The van der Waals surface area contributed by atoms with E-state index in [-0.39, 0.29) is 5.91 Å². The Morgan fingerprint density at radius 2 is 2.36 bits per heavy atom. The Bertz CT molecular complexity index is 623. The van der Waals surface area contributed by atoms with Gasteiger partial charge in [0.05, 0.1) is 5.69 Å². The number of pyridine rings is 1.